The number of thiophene rings is 1. The van der Waals surface area contributed by atoms with Gasteiger partial charge in [-0.3, -0.25) is 9.69 Å². The predicted molar refractivity (Wildman–Crippen MR) is 103 cm³/mol. The molecule has 24 heavy (non-hydrogen) atoms. The Labute approximate surface area is 156 Å². The Balaban J connectivity index is 0.00000208. The zero-order valence-corrected chi connectivity index (χ0v) is 16.4. The van der Waals surface area contributed by atoms with Crippen LogP contribution in [0, 0.1) is 5.41 Å². The van der Waals surface area contributed by atoms with E-state index in [1.807, 2.05) is 4.90 Å². The maximum absolute atomic E-state index is 12.6. The van der Waals surface area contributed by atoms with Crippen LogP contribution in [-0.2, 0) is 11.3 Å². The fourth-order valence-corrected chi connectivity index (χ4v) is 4.71. The zero-order chi connectivity index (χ0) is 16.3. The highest BCUT2D eigenvalue weighted by molar-refractivity contribution is 7.07. The van der Waals surface area contributed by atoms with Crippen molar-refractivity contribution in [2.75, 3.05) is 32.7 Å². The first-order valence-corrected chi connectivity index (χ1v) is 9.86. The highest BCUT2D eigenvalue weighted by atomic mass is 35.5. The van der Waals surface area contributed by atoms with Gasteiger partial charge in [0.25, 0.3) is 0 Å². The van der Waals surface area contributed by atoms with Crippen LogP contribution in [0.1, 0.15) is 38.7 Å². The third kappa shape index (κ3) is 4.31. The van der Waals surface area contributed by atoms with Crippen molar-refractivity contribution in [1.82, 2.24) is 15.1 Å². The minimum absolute atomic E-state index is 0. The summed E-state index contributed by atoms with van der Waals surface area (Å²) in [4.78, 5) is 17.0. The number of carbonyl (C=O) groups excluding carboxylic acids is 1. The molecule has 0 radical (unpaired) electrons. The van der Waals surface area contributed by atoms with E-state index >= 15 is 0 Å². The van der Waals surface area contributed by atoms with Crippen molar-refractivity contribution in [3.63, 3.8) is 0 Å². The SMILES string of the molecule is CCN(CC)C(=O)CN(Cc1ccsc1)C1CC12CCNCC2.Cl. The van der Waals surface area contributed by atoms with Gasteiger partial charge in [0.1, 0.15) is 0 Å². The maximum Gasteiger partial charge on any atom is 0.236 e. The number of carbonyl (C=O) groups is 1. The predicted octanol–water partition coefficient (Wildman–Crippen LogP) is 2.98. The lowest BCUT2D eigenvalue weighted by molar-refractivity contribution is -0.132. The van der Waals surface area contributed by atoms with Gasteiger partial charge in [-0.25, -0.2) is 0 Å². The van der Waals surface area contributed by atoms with Crippen LogP contribution in [0.3, 0.4) is 0 Å². The molecule has 1 saturated carbocycles. The van der Waals surface area contributed by atoms with Crippen molar-refractivity contribution in [2.24, 2.45) is 5.41 Å². The Kier molecular flexibility index (Phi) is 7.10. The number of amides is 1. The first kappa shape index (κ1) is 19.7. The number of piperidine rings is 1. The quantitative estimate of drug-likeness (QED) is 0.800. The van der Waals surface area contributed by atoms with Crippen LogP contribution in [0.15, 0.2) is 16.8 Å². The van der Waals surface area contributed by atoms with Gasteiger partial charge in [-0.05, 0) is 74.0 Å². The van der Waals surface area contributed by atoms with Crippen LogP contribution < -0.4 is 5.32 Å². The number of hydrogen-bond donors (Lipinski definition) is 1. The van der Waals surface area contributed by atoms with Crippen LogP contribution in [0.5, 0.6) is 0 Å². The van der Waals surface area contributed by atoms with Crippen molar-refractivity contribution in [2.45, 2.75) is 45.7 Å². The standard InChI is InChI=1S/C18H29N3OS.ClH/c1-3-20(4-2)17(22)13-21(12-15-5-10-23-14-15)16-11-18(16)6-8-19-9-7-18;/h5,10,14,16,19H,3-4,6-9,11-13H2,1-2H3;1H. The molecule has 1 aromatic heterocycles. The van der Waals surface area contributed by atoms with E-state index in [4.69, 9.17) is 0 Å². The zero-order valence-electron chi connectivity index (χ0n) is 14.8. The monoisotopic (exact) mass is 371 g/mol. The summed E-state index contributed by atoms with van der Waals surface area (Å²) in [6.07, 6.45) is 3.79. The van der Waals surface area contributed by atoms with Crippen molar-refractivity contribution in [3.05, 3.63) is 22.4 Å². The van der Waals surface area contributed by atoms with Crippen molar-refractivity contribution in [1.29, 1.82) is 0 Å². The number of hydrogen-bond acceptors (Lipinski definition) is 4. The Morgan fingerprint density at radius 3 is 2.62 bits per heavy atom. The molecule has 0 bridgehead atoms. The first-order valence-electron chi connectivity index (χ1n) is 8.92. The first-order chi connectivity index (χ1) is 11.2. The third-order valence-electron chi connectivity index (χ3n) is 5.61. The largest absolute Gasteiger partial charge is 0.342 e. The molecule has 1 spiro atoms. The van der Waals surface area contributed by atoms with E-state index in [0.29, 0.717) is 18.0 Å². The highest BCUT2D eigenvalue weighted by Crippen LogP contribution is 2.56. The van der Waals surface area contributed by atoms with Gasteiger partial charge in [-0.1, -0.05) is 0 Å². The molecule has 1 atom stereocenters. The van der Waals surface area contributed by atoms with Crippen molar-refractivity contribution in [3.8, 4) is 0 Å². The summed E-state index contributed by atoms with van der Waals surface area (Å²) < 4.78 is 0. The Morgan fingerprint density at radius 1 is 1.33 bits per heavy atom. The second-order valence-corrected chi connectivity index (χ2v) is 7.71. The lowest BCUT2D eigenvalue weighted by atomic mass is 9.93. The maximum atomic E-state index is 12.6. The van der Waals surface area contributed by atoms with Crippen molar-refractivity contribution >= 4 is 29.7 Å². The second-order valence-electron chi connectivity index (χ2n) is 6.93. The summed E-state index contributed by atoms with van der Waals surface area (Å²) >= 11 is 1.74. The third-order valence-corrected chi connectivity index (χ3v) is 6.34. The topological polar surface area (TPSA) is 35.6 Å². The van der Waals surface area contributed by atoms with Gasteiger partial charge in [0.2, 0.25) is 5.91 Å². The lowest BCUT2D eigenvalue weighted by Crippen LogP contribution is -2.43. The number of halogens is 1. The summed E-state index contributed by atoms with van der Waals surface area (Å²) in [6, 6.07) is 2.78. The summed E-state index contributed by atoms with van der Waals surface area (Å²) in [5.74, 6) is 0.279. The second kappa shape index (κ2) is 8.65. The van der Waals surface area contributed by atoms with Gasteiger partial charge < -0.3 is 10.2 Å². The van der Waals surface area contributed by atoms with Crippen LogP contribution in [0.2, 0.25) is 0 Å². The van der Waals surface area contributed by atoms with E-state index in [2.05, 4.69) is 40.9 Å². The van der Waals surface area contributed by atoms with Gasteiger partial charge in [-0.15, -0.1) is 12.4 Å². The summed E-state index contributed by atoms with van der Waals surface area (Å²) in [5.41, 5.74) is 1.82. The fourth-order valence-electron chi connectivity index (χ4n) is 4.05. The van der Waals surface area contributed by atoms with Crippen LogP contribution >= 0.6 is 23.7 Å². The molecule has 4 nitrogen and oxygen atoms in total. The highest BCUT2D eigenvalue weighted by Gasteiger charge is 2.56. The number of likely N-dealkylation sites (N-methyl/N-ethyl adjacent to an activating group) is 1. The normalized spacial score (nSPS) is 21.5. The fraction of sp³-hybridized carbons (Fsp3) is 0.722. The molecule has 2 heterocycles. The number of rotatable bonds is 7. The number of nitrogens with zero attached hydrogens (tertiary/aromatic N) is 2. The molecule has 3 rings (SSSR count). The van der Waals surface area contributed by atoms with Gasteiger partial charge in [0.05, 0.1) is 6.54 Å². The number of nitrogens with one attached hydrogen (secondary N) is 1. The van der Waals surface area contributed by atoms with Gasteiger partial charge in [-0.2, -0.15) is 11.3 Å². The molecule has 1 unspecified atom stereocenters. The van der Waals surface area contributed by atoms with Crippen LogP contribution in [0.25, 0.3) is 0 Å². The van der Waals surface area contributed by atoms with Crippen LogP contribution in [0.4, 0.5) is 0 Å². The molecule has 136 valence electrons. The molecular formula is C18H30ClN3OS. The molecule has 1 saturated heterocycles. The molecular weight excluding hydrogens is 342 g/mol. The van der Waals surface area contributed by atoms with Gasteiger partial charge in [0, 0.05) is 25.7 Å². The Morgan fingerprint density at radius 2 is 2.04 bits per heavy atom. The molecule has 1 amide bonds. The van der Waals surface area contributed by atoms with Gasteiger partial charge in [0.15, 0.2) is 0 Å². The molecule has 1 N–H and O–H groups in total. The van der Waals surface area contributed by atoms with Crippen LogP contribution in [-0.4, -0.2) is 54.5 Å². The minimum Gasteiger partial charge on any atom is -0.342 e. The molecule has 2 fully saturated rings. The van der Waals surface area contributed by atoms with E-state index in [1.165, 1.54) is 24.8 Å². The Bertz CT molecular complexity index is 512. The molecule has 0 aromatic carbocycles. The summed E-state index contributed by atoms with van der Waals surface area (Å²) in [5, 5.41) is 7.82. The molecule has 2 aliphatic rings. The van der Waals surface area contributed by atoms with E-state index < -0.39 is 0 Å². The molecule has 6 heteroatoms. The molecule has 1 aliphatic heterocycles. The van der Waals surface area contributed by atoms with Gasteiger partial charge >= 0.3 is 0 Å². The van der Waals surface area contributed by atoms with E-state index in [0.717, 1.165) is 32.7 Å². The average Bonchev–Trinajstić information content (AvgIpc) is 2.99. The average molecular weight is 372 g/mol. The molecule has 1 aliphatic carbocycles. The van der Waals surface area contributed by atoms with E-state index in [1.54, 1.807) is 11.3 Å². The summed E-state index contributed by atoms with van der Waals surface area (Å²) in [6.45, 7) is 9.49. The van der Waals surface area contributed by atoms with E-state index in [-0.39, 0.29) is 18.3 Å². The summed E-state index contributed by atoms with van der Waals surface area (Å²) in [7, 11) is 0. The minimum atomic E-state index is 0. The van der Waals surface area contributed by atoms with E-state index in [9.17, 15) is 4.79 Å². The smallest absolute Gasteiger partial charge is 0.236 e. The molecule has 1 aromatic rings. The lowest BCUT2D eigenvalue weighted by Gasteiger charge is -2.30. The van der Waals surface area contributed by atoms with Crippen molar-refractivity contribution < 1.29 is 4.79 Å². The Hall–Kier alpha value is -0.620.